The van der Waals surface area contributed by atoms with Crippen LogP contribution >= 0.6 is 22.9 Å². The summed E-state index contributed by atoms with van der Waals surface area (Å²) in [6.45, 7) is 4.75. The van der Waals surface area contributed by atoms with E-state index in [1.165, 1.54) is 0 Å². The van der Waals surface area contributed by atoms with Gasteiger partial charge in [-0.3, -0.25) is 0 Å². The predicted molar refractivity (Wildman–Crippen MR) is 68.0 cm³/mol. The van der Waals surface area contributed by atoms with Gasteiger partial charge in [0.25, 0.3) is 10.0 Å². The summed E-state index contributed by atoms with van der Waals surface area (Å²) in [5, 5.41) is 9.20. The second kappa shape index (κ2) is 5.19. The van der Waals surface area contributed by atoms with E-state index in [0.29, 0.717) is 12.1 Å². The summed E-state index contributed by atoms with van der Waals surface area (Å²) in [5.74, 6) is 0. The molecule has 0 bridgehead atoms. The number of halogens is 1. The molecular weight excluding hydrogens is 284 g/mol. The molecule has 98 valence electrons. The van der Waals surface area contributed by atoms with E-state index in [1.807, 2.05) is 0 Å². The number of thiazole rings is 1. The molecule has 1 unspecified atom stereocenters. The number of aliphatic hydroxyl groups is 1. The number of nitrogens with zero attached hydrogens (tertiary/aromatic N) is 1. The van der Waals surface area contributed by atoms with Gasteiger partial charge in [-0.2, -0.15) is 0 Å². The lowest BCUT2D eigenvalue weighted by atomic mass is 10.0. The minimum Gasteiger partial charge on any atom is -0.394 e. The van der Waals surface area contributed by atoms with Gasteiger partial charge in [0.2, 0.25) is 0 Å². The van der Waals surface area contributed by atoms with Crippen LogP contribution in [-0.2, 0) is 10.0 Å². The molecule has 1 heterocycles. The predicted octanol–water partition coefficient (Wildman–Crippen LogP) is 1.54. The van der Waals surface area contributed by atoms with Crippen molar-refractivity contribution in [1.82, 2.24) is 9.71 Å². The number of aromatic nitrogens is 1. The summed E-state index contributed by atoms with van der Waals surface area (Å²) in [7, 11) is -3.69. The van der Waals surface area contributed by atoms with Gasteiger partial charge in [0.1, 0.15) is 0 Å². The van der Waals surface area contributed by atoms with Crippen LogP contribution in [-0.4, -0.2) is 30.7 Å². The van der Waals surface area contributed by atoms with Gasteiger partial charge in [-0.25, -0.2) is 18.1 Å². The first-order valence-electron chi connectivity index (χ1n) is 5.02. The molecule has 0 fully saturated rings. The van der Waals surface area contributed by atoms with E-state index in [4.69, 9.17) is 11.6 Å². The molecule has 0 aliphatic heterocycles. The molecule has 0 aliphatic rings. The number of hydrogen-bond acceptors (Lipinski definition) is 5. The van der Waals surface area contributed by atoms with Crippen molar-refractivity contribution >= 4 is 33.0 Å². The maximum absolute atomic E-state index is 12.1. The summed E-state index contributed by atoms with van der Waals surface area (Å²) in [4.78, 5) is 3.86. The zero-order valence-corrected chi connectivity index (χ0v) is 12.2. The normalized spacial score (nSPS) is 15.8. The third-order valence-electron chi connectivity index (χ3n) is 2.48. The van der Waals surface area contributed by atoms with Gasteiger partial charge in [-0.05, 0) is 20.3 Å². The number of aryl methyl sites for hydroxylation is 1. The Morgan fingerprint density at radius 2 is 2.18 bits per heavy atom. The SMILES string of the molecule is CCC(C)(CO)NS(=O)(=O)c1sc(Cl)nc1C. The number of sulfonamides is 1. The molecule has 17 heavy (non-hydrogen) atoms. The molecule has 0 amide bonds. The lowest BCUT2D eigenvalue weighted by Crippen LogP contribution is -2.48. The summed E-state index contributed by atoms with van der Waals surface area (Å²) in [5.41, 5.74) is -0.509. The van der Waals surface area contributed by atoms with Gasteiger partial charge in [0, 0.05) is 0 Å². The molecule has 0 radical (unpaired) electrons. The fraction of sp³-hybridized carbons (Fsp3) is 0.667. The lowest BCUT2D eigenvalue weighted by molar-refractivity contribution is 0.191. The van der Waals surface area contributed by atoms with Crippen LogP contribution < -0.4 is 4.72 Å². The van der Waals surface area contributed by atoms with Gasteiger partial charge in [-0.15, -0.1) is 0 Å². The van der Waals surface area contributed by atoms with Crippen LogP contribution in [0, 0.1) is 6.92 Å². The van der Waals surface area contributed by atoms with Gasteiger partial charge in [0.05, 0.1) is 17.8 Å². The fourth-order valence-electron chi connectivity index (χ4n) is 1.19. The molecule has 5 nitrogen and oxygen atoms in total. The fourth-order valence-corrected chi connectivity index (χ4v) is 4.40. The molecule has 1 atom stereocenters. The highest BCUT2D eigenvalue weighted by Gasteiger charge is 2.31. The molecule has 0 saturated heterocycles. The van der Waals surface area contributed by atoms with E-state index < -0.39 is 15.6 Å². The van der Waals surface area contributed by atoms with Crippen molar-refractivity contribution in [1.29, 1.82) is 0 Å². The molecular formula is C9H15ClN2O3S2. The van der Waals surface area contributed by atoms with E-state index in [9.17, 15) is 13.5 Å². The molecule has 1 rings (SSSR count). The van der Waals surface area contributed by atoms with Crippen molar-refractivity contribution in [2.45, 2.75) is 36.9 Å². The van der Waals surface area contributed by atoms with E-state index in [0.717, 1.165) is 11.3 Å². The van der Waals surface area contributed by atoms with Crippen molar-refractivity contribution < 1.29 is 13.5 Å². The number of rotatable bonds is 5. The monoisotopic (exact) mass is 298 g/mol. The number of nitrogens with one attached hydrogen (secondary N) is 1. The summed E-state index contributed by atoms with van der Waals surface area (Å²) in [6, 6.07) is 0. The topological polar surface area (TPSA) is 79.3 Å². The second-order valence-electron chi connectivity index (χ2n) is 4.02. The van der Waals surface area contributed by atoms with Crippen LogP contribution in [0.4, 0.5) is 0 Å². The number of aliphatic hydroxyl groups excluding tert-OH is 1. The maximum atomic E-state index is 12.1. The smallest absolute Gasteiger partial charge is 0.252 e. The summed E-state index contributed by atoms with van der Waals surface area (Å²) >= 11 is 6.58. The summed E-state index contributed by atoms with van der Waals surface area (Å²) in [6.07, 6.45) is 0.480. The van der Waals surface area contributed by atoms with Crippen molar-refractivity contribution in [2.24, 2.45) is 0 Å². The largest absolute Gasteiger partial charge is 0.394 e. The standard InChI is InChI=1S/C9H15ClN2O3S2/c1-4-9(3,5-13)12-17(14,15)7-6(2)11-8(10)16-7/h12-13H,4-5H2,1-3H3. The van der Waals surface area contributed by atoms with Crippen molar-refractivity contribution in [3.05, 3.63) is 10.2 Å². The third-order valence-corrected chi connectivity index (χ3v) is 5.99. The highest BCUT2D eigenvalue weighted by atomic mass is 35.5. The average Bonchev–Trinajstić information content (AvgIpc) is 2.58. The van der Waals surface area contributed by atoms with E-state index in [1.54, 1.807) is 20.8 Å². The maximum Gasteiger partial charge on any atom is 0.252 e. The zero-order chi connectivity index (χ0) is 13.3. The quantitative estimate of drug-likeness (QED) is 0.864. The van der Waals surface area contributed by atoms with Crippen LogP contribution in [0.1, 0.15) is 26.0 Å². The van der Waals surface area contributed by atoms with E-state index in [-0.39, 0.29) is 15.3 Å². The molecule has 0 aromatic carbocycles. The first-order chi connectivity index (χ1) is 7.74. The Balaban J connectivity index is 3.09. The highest BCUT2D eigenvalue weighted by molar-refractivity contribution is 7.91. The molecule has 8 heteroatoms. The highest BCUT2D eigenvalue weighted by Crippen LogP contribution is 2.27. The Kier molecular flexibility index (Phi) is 4.54. The number of hydrogen-bond donors (Lipinski definition) is 2. The lowest BCUT2D eigenvalue weighted by Gasteiger charge is -2.26. The first-order valence-corrected chi connectivity index (χ1v) is 7.69. The van der Waals surface area contributed by atoms with Crippen molar-refractivity contribution in [3.8, 4) is 0 Å². The first kappa shape index (κ1) is 14.8. The van der Waals surface area contributed by atoms with Crippen LogP contribution in [0.25, 0.3) is 0 Å². The minimum absolute atomic E-state index is 0.0932. The van der Waals surface area contributed by atoms with Crippen molar-refractivity contribution in [3.63, 3.8) is 0 Å². The third kappa shape index (κ3) is 3.38. The Morgan fingerprint density at radius 3 is 2.53 bits per heavy atom. The second-order valence-corrected chi connectivity index (χ2v) is 7.48. The van der Waals surface area contributed by atoms with Crippen LogP contribution in [0.5, 0.6) is 0 Å². The van der Waals surface area contributed by atoms with E-state index >= 15 is 0 Å². The van der Waals surface area contributed by atoms with Gasteiger partial charge in [-0.1, -0.05) is 29.9 Å². The van der Waals surface area contributed by atoms with Crippen LogP contribution in [0.2, 0.25) is 4.47 Å². The molecule has 0 spiro atoms. The molecule has 0 saturated carbocycles. The van der Waals surface area contributed by atoms with E-state index in [2.05, 4.69) is 9.71 Å². The molecule has 0 aliphatic carbocycles. The van der Waals surface area contributed by atoms with Gasteiger partial charge < -0.3 is 5.11 Å². The Morgan fingerprint density at radius 1 is 1.59 bits per heavy atom. The Bertz CT molecular complexity index is 494. The summed E-state index contributed by atoms with van der Waals surface area (Å²) < 4.78 is 26.9. The van der Waals surface area contributed by atoms with Crippen LogP contribution in [0.15, 0.2) is 4.21 Å². The van der Waals surface area contributed by atoms with Gasteiger partial charge >= 0.3 is 0 Å². The van der Waals surface area contributed by atoms with Gasteiger partial charge in [0.15, 0.2) is 8.68 Å². The van der Waals surface area contributed by atoms with Crippen molar-refractivity contribution in [2.75, 3.05) is 6.61 Å². The zero-order valence-electron chi connectivity index (χ0n) is 9.82. The Hall–Kier alpha value is -0.210. The minimum atomic E-state index is -3.69. The molecule has 1 aromatic rings. The van der Waals surface area contributed by atoms with Crippen LogP contribution in [0.3, 0.4) is 0 Å². The average molecular weight is 299 g/mol. The Labute approximate surface area is 110 Å². The molecule has 1 aromatic heterocycles. The molecule has 2 N–H and O–H groups in total.